The third-order valence-electron chi connectivity index (χ3n) is 5.27. The summed E-state index contributed by atoms with van der Waals surface area (Å²) >= 11 is 0. The van der Waals surface area contributed by atoms with Gasteiger partial charge in [-0.1, -0.05) is 31.0 Å². The molecular formula is C25H30N2O6S. The molecule has 0 bridgehead atoms. The molecule has 2 aromatic carbocycles. The highest BCUT2D eigenvalue weighted by atomic mass is 32.2. The molecule has 2 aromatic rings. The summed E-state index contributed by atoms with van der Waals surface area (Å²) in [6.07, 6.45) is 6.86. The van der Waals surface area contributed by atoms with Gasteiger partial charge in [0.1, 0.15) is 5.75 Å². The predicted molar refractivity (Wildman–Crippen MR) is 130 cm³/mol. The van der Waals surface area contributed by atoms with Crippen molar-refractivity contribution in [2.45, 2.75) is 37.5 Å². The minimum atomic E-state index is -3.50. The monoisotopic (exact) mass is 486 g/mol. The highest BCUT2D eigenvalue weighted by Gasteiger charge is 2.24. The smallest absolute Gasteiger partial charge is 0.344 e. The molecule has 0 aliphatic carbocycles. The van der Waals surface area contributed by atoms with Crippen LogP contribution in [0.3, 0.4) is 0 Å². The molecule has 0 radical (unpaired) electrons. The average molecular weight is 487 g/mol. The van der Waals surface area contributed by atoms with Gasteiger partial charge in [-0.05, 0) is 55.7 Å². The fourth-order valence-electron chi connectivity index (χ4n) is 3.55. The number of esters is 1. The quantitative estimate of drug-likeness (QED) is 0.427. The number of amides is 1. The molecule has 1 amide bonds. The van der Waals surface area contributed by atoms with Crippen molar-refractivity contribution in [2.24, 2.45) is 0 Å². The first-order valence-electron chi connectivity index (χ1n) is 11.4. The molecule has 0 spiro atoms. The van der Waals surface area contributed by atoms with Crippen molar-refractivity contribution >= 4 is 33.7 Å². The zero-order valence-corrected chi connectivity index (χ0v) is 20.1. The molecule has 1 aliphatic heterocycles. The minimum absolute atomic E-state index is 0.214. The lowest BCUT2D eigenvalue weighted by atomic mass is 10.2. The Morgan fingerprint density at radius 2 is 1.74 bits per heavy atom. The SMILES string of the molecule is CCOC(=O)COc1cccc(NC(=O)/C=C/c2ccc(S(=O)(=O)N3CCCCCC3)cc2)c1. The highest BCUT2D eigenvalue weighted by Crippen LogP contribution is 2.21. The van der Waals surface area contributed by atoms with E-state index in [4.69, 9.17) is 9.47 Å². The number of carbonyl (C=O) groups excluding carboxylic acids is 2. The van der Waals surface area contributed by atoms with Gasteiger partial charge >= 0.3 is 5.97 Å². The van der Waals surface area contributed by atoms with E-state index >= 15 is 0 Å². The zero-order valence-electron chi connectivity index (χ0n) is 19.2. The molecule has 0 unspecified atom stereocenters. The minimum Gasteiger partial charge on any atom is -0.482 e. The Labute approximate surface area is 200 Å². The van der Waals surface area contributed by atoms with Gasteiger partial charge in [0.2, 0.25) is 15.9 Å². The molecule has 3 rings (SSSR count). The van der Waals surface area contributed by atoms with E-state index in [9.17, 15) is 18.0 Å². The van der Waals surface area contributed by atoms with Crippen molar-refractivity contribution in [1.29, 1.82) is 0 Å². The largest absolute Gasteiger partial charge is 0.482 e. The predicted octanol–water partition coefficient (Wildman–Crippen LogP) is 3.85. The molecule has 1 N–H and O–H groups in total. The maximum absolute atomic E-state index is 12.9. The summed E-state index contributed by atoms with van der Waals surface area (Å²) in [5.41, 5.74) is 1.21. The van der Waals surface area contributed by atoms with Gasteiger partial charge in [-0.2, -0.15) is 4.31 Å². The van der Waals surface area contributed by atoms with E-state index < -0.39 is 16.0 Å². The number of hydrogen-bond acceptors (Lipinski definition) is 6. The molecule has 1 heterocycles. The maximum atomic E-state index is 12.9. The average Bonchev–Trinajstić information content (AvgIpc) is 3.13. The number of anilines is 1. The Bertz CT molecular complexity index is 1100. The summed E-state index contributed by atoms with van der Waals surface area (Å²) in [4.78, 5) is 24.0. The van der Waals surface area contributed by atoms with Crippen LogP contribution < -0.4 is 10.1 Å². The maximum Gasteiger partial charge on any atom is 0.344 e. The van der Waals surface area contributed by atoms with Crippen LogP contribution in [0.1, 0.15) is 38.2 Å². The van der Waals surface area contributed by atoms with Gasteiger partial charge in [0.25, 0.3) is 0 Å². The van der Waals surface area contributed by atoms with E-state index in [2.05, 4.69) is 5.32 Å². The Morgan fingerprint density at radius 3 is 2.41 bits per heavy atom. The van der Waals surface area contributed by atoms with Crippen molar-refractivity contribution in [3.63, 3.8) is 0 Å². The lowest BCUT2D eigenvalue weighted by Crippen LogP contribution is -2.31. The summed E-state index contributed by atoms with van der Waals surface area (Å²) in [7, 11) is -3.50. The van der Waals surface area contributed by atoms with Crippen LogP contribution in [0, 0.1) is 0 Å². The molecule has 1 aliphatic rings. The van der Waals surface area contributed by atoms with Crippen LogP contribution in [0.15, 0.2) is 59.5 Å². The molecule has 0 saturated carbocycles. The second-order valence-corrected chi connectivity index (χ2v) is 9.77. The number of nitrogens with one attached hydrogen (secondary N) is 1. The third kappa shape index (κ3) is 7.43. The lowest BCUT2D eigenvalue weighted by Gasteiger charge is -2.19. The number of ether oxygens (including phenoxy) is 2. The van der Waals surface area contributed by atoms with Crippen LogP contribution in [-0.2, 0) is 24.3 Å². The van der Waals surface area contributed by atoms with E-state index in [0.717, 1.165) is 25.7 Å². The molecule has 1 fully saturated rings. The van der Waals surface area contributed by atoms with E-state index in [1.165, 1.54) is 6.08 Å². The first-order valence-corrected chi connectivity index (χ1v) is 12.8. The number of rotatable bonds is 9. The summed E-state index contributed by atoms with van der Waals surface area (Å²) in [5, 5.41) is 2.73. The molecule has 9 heteroatoms. The summed E-state index contributed by atoms with van der Waals surface area (Å²) in [5.74, 6) is -0.398. The fraction of sp³-hybridized carbons (Fsp3) is 0.360. The number of sulfonamides is 1. The molecule has 8 nitrogen and oxygen atoms in total. The van der Waals surface area contributed by atoms with E-state index in [0.29, 0.717) is 30.1 Å². The highest BCUT2D eigenvalue weighted by molar-refractivity contribution is 7.89. The summed E-state index contributed by atoms with van der Waals surface area (Å²) < 4.78 is 37.5. The van der Waals surface area contributed by atoms with Gasteiger partial charge in [0.05, 0.1) is 11.5 Å². The lowest BCUT2D eigenvalue weighted by molar-refractivity contribution is -0.145. The molecular weight excluding hydrogens is 456 g/mol. The molecule has 182 valence electrons. The second-order valence-electron chi connectivity index (χ2n) is 7.83. The fourth-order valence-corrected chi connectivity index (χ4v) is 5.06. The molecule has 0 atom stereocenters. The van der Waals surface area contributed by atoms with Gasteiger partial charge in [-0.15, -0.1) is 0 Å². The normalized spacial score (nSPS) is 15.0. The third-order valence-corrected chi connectivity index (χ3v) is 7.19. The standard InChI is InChI=1S/C25H30N2O6S/c1-2-32-25(29)19-33-22-9-7-8-21(18-22)26-24(28)15-12-20-10-13-23(14-11-20)34(30,31)27-16-5-3-4-6-17-27/h7-15,18H,2-6,16-17,19H2,1H3,(H,26,28)/b15-12+. The Hall–Kier alpha value is -3.17. The van der Waals surface area contributed by atoms with E-state index in [1.807, 2.05) is 0 Å². The van der Waals surface area contributed by atoms with E-state index in [1.54, 1.807) is 65.8 Å². The number of hydrogen-bond donors (Lipinski definition) is 1. The number of carbonyl (C=O) groups is 2. The number of nitrogens with zero attached hydrogens (tertiary/aromatic N) is 1. The summed E-state index contributed by atoms with van der Waals surface area (Å²) in [6.45, 7) is 2.89. The Morgan fingerprint density at radius 1 is 1.03 bits per heavy atom. The summed E-state index contributed by atoms with van der Waals surface area (Å²) in [6, 6.07) is 13.2. The van der Waals surface area contributed by atoms with Crippen molar-refractivity contribution in [3.8, 4) is 5.75 Å². The van der Waals surface area contributed by atoms with Crippen molar-refractivity contribution in [3.05, 3.63) is 60.2 Å². The van der Waals surface area contributed by atoms with Crippen molar-refractivity contribution < 1.29 is 27.5 Å². The molecule has 34 heavy (non-hydrogen) atoms. The molecule has 1 saturated heterocycles. The Kier molecular flexibility index (Phi) is 9.24. The van der Waals surface area contributed by atoms with E-state index in [-0.39, 0.29) is 24.0 Å². The first kappa shape index (κ1) is 25.5. The van der Waals surface area contributed by atoms with Gasteiger partial charge < -0.3 is 14.8 Å². The van der Waals surface area contributed by atoms with Gasteiger partial charge in [-0.25, -0.2) is 13.2 Å². The number of benzene rings is 2. The van der Waals surface area contributed by atoms with Gasteiger partial charge in [0.15, 0.2) is 6.61 Å². The zero-order chi connectivity index (χ0) is 24.4. The van der Waals surface area contributed by atoms with Crippen LogP contribution in [0.4, 0.5) is 5.69 Å². The second kappa shape index (κ2) is 12.3. The van der Waals surface area contributed by atoms with Crippen LogP contribution >= 0.6 is 0 Å². The van der Waals surface area contributed by atoms with Crippen molar-refractivity contribution in [2.75, 3.05) is 31.6 Å². The van der Waals surface area contributed by atoms with Crippen LogP contribution in [0.25, 0.3) is 6.08 Å². The topological polar surface area (TPSA) is 102 Å². The molecule has 0 aromatic heterocycles. The van der Waals surface area contributed by atoms with Crippen LogP contribution in [-0.4, -0.2) is 50.9 Å². The van der Waals surface area contributed by atoms with Crippen LogP contribution in [0.2, 0.25) is 0 Å². The first-order chi connectivity index (χ1) is 16.4. The Balaban J connectivity index is 1.57. The van der Waals surface area contributed by atoms with Gasteiger partial charge in [-0.3, -0.25) is 4.79 Å². The van der Waals surface area contributed by atoms with Crippen molar-refractivity contribution in [1.82, 2.24) is 4.31 Å². The van der Waals surface area contributed by atoms with Crippen LogP contribution in [0.5, 0.6) is 5.75 Å². The van der Waals surface area contributed by atoms with Gasteiger partial charge in [0, 0.05) is 30.9 Å².